The number of hydrogen-bond donors (Lipinski definition) is 0. The van der Waals surface area contributed by atoms with Gasteiger partial charge < -0.3 is 9.47 Å². The van der Waals surface area contributed by atoms with Gasteiger partial charge in [-0.1, -0.05) is 46.4 Å². The summed E-state index contributed by atoms with van der Waals surface area (Å²) < 4.78 is 39.7. The van der Waals surface area contributed by atoms with Crippen LogP contribution in [0.15, 0.2) is 59.5 Å². The molecule has 0 spiro atoms. The zero-order chi connectivity index (χ0) is 21.6. The molecular formula is C20H13Cl4NO4S. The van der Waals surface area contributed by atoms with Crippen molar-refractivity contribution in [3.05, 3.63) is 80.3 Å². The zero-order valence-corrected chi connectivity index (χ0v) is 19.1. The minimum absolute atomic E-state index is 0.0617. The largest absolute Gasteiger partial charge is 0.497 e. The van der Waals surface area contributed by atoms with Crippen molar-refractivity contribution in [1.82, 2.24) is 0 Å². The summed E-state index contributed by atoms with van der Waals surface area (Å²) in [6.45, 7) is 0. The van der Waals surface area contributed by atoms with Crippen molar-refractivity contribution < 1.29 is 17.9 Å². The molecule has 0 N–H and O–H groups in total. The fourth-order valence-electron chi connectivity index (χ4n) is 3.09. The van der Waals surface area contributed by atoms with Crippen LogP contribution in [0.1, 0.15) is 11.8 Å². The van der Waals surface area contributed by atoms with E-state index in [1.54, 1.807) is 43.5 Å². The lowest BCUT2D eigenvalue weighted by Crippen LogP contribution is -2.34. The average molecular weight is 505 g/mol. The summed E-state index contributed by atoms with van der Waals surface area (Å²) in [5.74, 6) is 0.985. The second-order valence-electron chi connectivity index (χ2n) is 6.35. The van der Waals surface area contributed by atoms with Crippen LogP contribution in [0.25, 0.3) is 0 Å². The summed E-state index contributed by atoms with van der Waals surface area (Å²) in [6, 6.07) is 14.1. The van der Waals surface area contributed by atoms with E-state index < -0.39 is 16.3 Å². The van der Waals surface area contributed by atoms with Crippen molar-refractivity contribution in [3.63, 3.8) is 0 Å². The van der Waals surface area contributed by atoms with Crippen LogP contribution in [-0.2, 0) is 10.0 Å². The van der Waals surface area contributed by atoms with E-state index in [2.05, 4.69) is 0 Å². The fourth-order valence-corrected chi connectivity index (χ4v) is 5.77. The fraction of sp³-hybridized carbons (Fsp3) is 0.100. The molecule has 10 heteroatoms. The highest BCUT2D eigenvalue weighted by atomic mass is 35.5. The molecule has 0 aliphatic carbocycles. The molecule has 1 atom stereocenters. The third kappa shape index (κ3) is 3.67. The number of nitrogens with zero attached hydrogens (tertiary/aromatic N) is 1. The molecule has 4 rings (SSSR count). The Labute approximate surface area is 193 Å². The van der Waals surface area contributed by atoms with Gasteiger partial charge in [0.05, 0.1) is 27.9 Å². The molecule has 0 saturated heterocycles. The Kier molecular flexibility index (Phi) is 5.72. The van der Waals surface area contributed by atoms with E-state index in [9.17, 15) is 8.42 Å². The van der Waals surface area contributed by atoms with Gasteiger partial charge in [0.2, 0.25) is 6.23 Å². The smallest absolute Gasteiger partial charge is 0.269 e. The molecule has 30 heavy (non-hydrogen) atoms. The van der Waals surface area contributed by atoms with Crippen LogP contribution in [0.4, 0.5) is 5.69 Å². The molecule has 156 valence electrons. The van der Waals surface area contributed by atoms with Crippen LogP contribution >= 0.6 is 46.4 Å². The van der Waals surface area contributed by atoms with Gasteiger partial charge in [0.1, 0.15) is 16.4 Å². The van der Waals surface area contributed by atoms with Gasteiger partial charge in [-0.25, -0.2) is 12.7 Å². The number of anilines is 1. The lowest BCUT2D eigenvalue weighted by molar-refractivity contribution is 0.244. The van der Waals surface area contributed by atoms with Gasteiger partial charge in [-0.05, 0) is 54.6 Å². The van der Waals surface area contributed by atoms with Crippen LogP contribution < -0.4 is 13.8 Å². The summed E-state index contributed by atoms with van der Waals surface area (Å²) in [5.41, 5.74) is 0.869. The van der Waals surface area contributed by atoms with Gasteiger partial charge in [-0.3, -0.25) is 0 Å². The number of hydrogen-bond acceptors (Lipinski definition) is 4. The first-order valence-corrected chi connectivity index (χ1v) is 11.5. The lowest BCUT2D eigenvalue weighted by Gasteiger charge is -2.26. The molecule has 0 amide bonds. The minimum Gasteiger partial charge on any atom is -0.497 e. The van der Waals surface area contributed by atoms with E-state index >= 15 is 0 Å². The van der Waals surface area contributed by atoms with E-state index in [-0.39, 0.29) is 25.7 Å². The molecule has 5 nitrogen and oxygen atoms in total. The van der Waals surface area contributed by atoms with Gasteiger partial charge in [0.25, 0.3) is 10.0 Å². The Hall–Kier alpha value is -1.83. The first-order chi connectivity index (χ1) is 14.2. The van der Waals surface area contributed by atoms with Gasteiger partial charge in [0, 0.05) is 10.6 Å². The summed E-state index contributed by atoms with van der Waals surface area (Å²) in [6.07, 6.45) is -0.986. The number of ether oxygens (including phenoxy) is 2. The van der Waals surface area contributed by atoms with Crippen LogP contribution in [0.3, 0.4) is 0 Å². The minimum atomic E-state index is -4.21. The second kappa shape index (κ2) is 8.02. The van der Waals surface area contributed by atoms with Gasteiger partial charge >= 0.3 is 0 Å². The topological polar surface area (TPSA) is 55.8 Å². The molecule has 1 aliphatic rings. The first kappa shape index (κ1) is 21.4. The summed E-state index contributed by atoms with van der Waals surface area (Å²) >= 11 is 24.4. The van der Waals surface area contributed by atoms with E-state index in [0.29, 0.717) is 22.1 Å². The Balaban J connectivity index is 1.90. The Bertz CT molecular complexity index is 1230. The van der Waals surface area contributed by atoms with Crippen molar-refractivity contribution in [2.24, 2.45) is 0 Å². The van der Waals surface area contributed by atoms with Crippen LogP contribution in [0.2, 0.25) is 20.1 Å². The van der Waals surface area contributed by atoms with Crippen molar-refractivity contribution in [1.29, 1.82) is 0 Å². The van der Waals surface area contributed by atoms with Crippen LogP contribution in [-0.4, -0.2) is 15.5 Å². The van der Waals surface area contributed by atoms with Crippen molar-refractivity contribution in [3.8, 4) is 11.5 Å². The van der Waals surface area contributed by atoms with E-state index in [1.807, 2.05) is 0 Å². The highest BCUT2D eigenvalue weighted by Gasteiger charge is 2.42. The molecule has 3 aromatic rings. The summed E-state index contributed by atoms with van der Waals surface area (Å²) in [4.78, 5) is -0.200. The molecule has 0 saturated carbocycles. The molecule has 0 bridgehead atoms. The molecule has 0 fully saturated rings. The maximum Gasteiger partial charge on any atom is 0.269 e. The molecule has 0 radical (unpaired) electrons. The van der Waals surface area contributed by atoms with E-state index in [0.717, 1.165) is 4.31 Å². The molecule has 1 aliphatic heterocycles. The highest BCUT2D eigenvalue weighted by molar-refractivity contribution is 7.93. The number of sulfonamides is 1. The van der Waals surface area contributed by atoms with E-state index in [4.69, 9.17) is 55.9 Å². The number of methoxy groups -OCH3 is 1. The van der Waals surface area contributed by atoms with Gasteiger partial charge in [-0.15, -0.1) is 0 Å². The lowest BCUT2D eigenvalue weighted by atomic mass is 10.2. The molecule has 3 aromatic carbocycles. The summed E-state index contributed by atoms with van der Waals surface area (Å²) in [5, 5.41) is 0.502. The van der Waals surface area contributed by atoms with Crippen molar-refractivity contribution in [2.75, 3.05) is 11.4 Å². The van der Waals surface area contributed by atoms with Gasteiger partial charge in [0.15, 0.2) is 0 Å². The standard InChI is InChI=1S/C20H13Cl4NO4S/c1-28-13-5-2-11(3-6-13)20-25(17-8-12(21)4-7-18(17)29-20)30(26,27)19-10-15(23)14(22)9-16(19)24/h2-10,20H,1H3/t20-/m0/s1. The molecular weight excluding hydrogens is 492 g/mol. The number of rotatable bonds is 4. The first-order valence-electron chi connectivity index (χ1n) is 8.51. The predicted octanol–water partition coefficient (Wildman–Crippen LogP) is 6.60. The second-order valence-corrected chi connectivity index (χ2v) is 9.79. The molecule has 1 heterocycles. The zero-order valence-electron chi connectivity index (χ0n) is 15.3. The maximum absolute atomic E-state index is 13.7. The summed E-state index contributed by atoms with van der Waals surface area (Å²) in [7, 11) is -2.66. The Morgan fingerprint density at radius 3 is 2.23 bits per heavy atom. The third-order valence-corrected chi connectivity index (χ3v) is 7.70. The van der Waals surface area contributed by atoms with E-state index in [1.165, 1.54) is 18.2 Å². The monoisotopic (exact) mass is 503 g/mol. The Morgan fingerprint density at radius 1 is 0.900 bits per heavy atom. The van der Waals surface area contributed by atoms with Crippen LogP contribution in [0, 0.1) is 0 Å². The Morgan fingerprint density at radius 2 is 1.57 bits per heavy atom. The highest BCUT2D eigenvalue weighted by Crippen LogP contribution is 2.48. The quantitative estimate of drug-likeness (QED) is 0.376. The number of fused-ring (bicyclic) bond motifs is 1. The molecule has 0 unspecified atom stereocenters. The normalized spacial score (nSPS) is 15.6. The average Bonchev–Trinajstić information content (AvgIpc) is 3.10. The maximum atomic E-state index is 13.7. The van der Waals surface area contributed by atoms with Crippen molar-refractivity contribution in [2.45, 2.75) is 11.1 Å². The van der Waals surface area contributed by atoms with Gasteiger partial charge in [-0.2, -0.15) is 0 Å². The number of halogens is 4. The number of benzene rings is 3. The van der Waals surface area contributed by atoms with Crippen LogP contribution in [0.5, 0.6) is 11.5 Å². The van der Waals surface area contributed by atoms with Crippen molar-refractivity contribution >= 4 is 62.1 Å². The SMILES string of the molecule is COc1ccc([C@@H]2Oc3ccc(Cl)cc3N2S(=O)(=O)c2cc(Cl)c(Cl)cc2Cl)cc1. The predicted molar refractivity (Wildman–Crippen MR) is 119 cm³/mol. The third-order valence-electron chi connectivity index (χ3n) is 4.52. The molecule has 0 aromatic heterocycles.